The molecule has 0 unspecified atom stereocenters. The van der Waals surface area contributed by atoms with E-state index >= 15 is 0 Å². The highest BCUT2D eigenvalue weighted by molar-refractivity contribution is 5.87. The van der Waals surface area contributed by atoms with Gasteiger partial charge in [-0.3, -0.25) is 9.78 Å². The Morgan fingerprint density at radius 1 is 1.25 bits per heavy atom. The number of hydrogen-bond acceptors (Lipinski definition) is 2. The number of hydrogen-bond donors (Lipinski definition) is 0. The summed E-state index contributed by atoms with van der Waals surface area (Å²) in [5.41, 5.74) is 2.24. The van der Waals surface area contributed by atoms with Crippen LogP contribution in [0.15, 0.2) is 36.7 Å². The Morgan fingerprint density at radius 2 is 2.06 bits per heavy atom. The molecular weight excluding hydrogens is 205 g/mol. The maximum absolute atomic E-state index is 13.7. The molecule has 16 heavy (non-hydrogen) atoms. The minimum absolute atomic E-state index is 0.325. The van der Waals surface area contributed by atoms with Crippen LogP contribution in [0.1, 0.15) is 15.9 Å². The first-order chi connectivity index (χ1) is 7.72. The van der Waals surface area contributed by atoms with Crippen LogP contribution >= 0.6 is 0 Å². The lowest BCUT2D eigenvalue weighted by molar-refractivity contribution is 0.112. The topological polar surface area (TPSA) is 30.0 Å². The zero-order chi connectivity index (χ0) is 11.5. The van der Waals surface area contributed by atoms with Crippen molar-refractivity contribution in [3.63, 3.8) is 0 Å². The van der Waals surface area contributed by atoms with Gasteiger partial charge >= 0.3 is 0 Å². The number of halogens is 1. The fourth-order valence-corrected chi connectivity index (χ4v) is 1.58. The molecule has 1 heterocycles. The quantitative estimate of drug-likeness (QED) is 0.721. The van der Waals surface area contributed by atoms with Crippen molar-refractivity contribution in [3.05, 3.63) is 53.6 Å². The number of aryl methyl sites for hydroxylation is 1. The van der Waals surface area contributed by atoms with E-state index in [1.54, 1.807) is 18.3 Å². The van der Waals surface area contributed by atoms with Crippen LogP contribution in [-0.4, -0.2) is 11.3 Å². The number of aldehydes is 1. The van der Waals surface area contributed by atoms with Crippen LogP contribution in [0, 0.1) is 12.7 Å². The Balaban J connectivity index is 2.62. The Labute approximate surface area is 92.8 Å². The average molecular weight is 215 g/mol. The van der Waals surface area contributed by atoms with Gasteiger partial charge in [-0.25, -0.2) is 4.39 Å². The van der Waals surface area contributed by atoms with E-state index in [4.69, 9.17) is 0 Å². The zero-order valence-corrected chi connectivity index (χ0v) is 8.77. The van der Waals surface area contributed by atoms with E-state index in [9.17, 15) is 9.18 Å². The number of carbonyl (C=O) groups is 1. The molecule has 0 radical (unpaired) electrons. The van der Waals surface area contributed by atoms with Gasteiger partial charge < -0.3 is 0 Å². The van der Waals surface area contributed by atoms with Gasteiger partial charge in [-0.2, -0.15) is 0 Å². The van der Waals surface area contributed by atoms with E-state index in [0.29, 0.717) is 23.0 Å². The normalized spacial score (nSPS) is 10.1. The predicted molar refractivity (Wildman–Crippen MR) is 59.8 cm³/mol. The van der Waals surface area contributed by atoms with Crippen LogP contribution in [0.4, 0.5) is 4.39 Å². The first-order valence-corrected chi connectivity index (χ1v) is 4.88. The molecule has 3 heteroatoms. The molecular formula is C13H10FNO. The molecule has 0 amide bonds. The largest absolute Gasteiger partial charge is 0.298 e. The molecule has 0 saturated carbocycles. The Hall–Kier alpha value is -2.03. The summed E-state index contributed by atoms with van der Waals surface area (Å²) >= 11 is 0. The standard InChI is InChI=1S/C13H10FNO/c1-9-2-3-12(13(14)6-9)11-4-5-15-7-10(11)8-16/h2-8H,1H3. The fourth-order valence-electron chi connectivity index (χ4n) is 1.58. The van der Waals surface area contributed by atoms with Crippen molar-refractivity contribution in [2.75, 3.05) is 0 Å². The average Bonchev–Trinajstić information content (AvgIpc) is 2.29. The number of rotatable bonds is 2. The van der Waals surface area contributed by atoms with Crippen molar-refractivity contribution in [1.29, 1.82) is 0 Å². The Morgan fingerprint density at radius 3 is 2.75 bits per heavy atom. The van der Waals surface area contributed by atoms with E-state index in [2.05, 4.69) is 4.98 Å². The fraction of sp³-hybridized carbons (Fsp3) is 0.0769. The molecule has 0 bridgehead atoms. The van der Waals surface area contributed by atoms with Crippen LogP contribution < -0.4 is 0 Å². The first-order valence-electron chi connectivity index (χ1n) is 4.88. The van der Waals surface area contributed by atoms with Gasteiger partial charge in [-0.05, 0) is 30.2 Å². The van der Waals surface area contributed by atoms with Crippen molar-refractivity contribution in [1.82, 2.24) is 4.98 Å². The van der Waals surface area contributed by atoms with Gasteiger partial charge in [0.15, 0.2) is 6.29 Å². The SMILES string of the molecule is Cc1ccc(-c2ccncc2C=O)c(F)c1. The summed E-state index contributed by atoms with van der Waals surface area (Å²) in [5, 5.41) is 0. The highest BCUT2D eigenvalue weighted by atomic mass is 19.1. The number of carbonyl (C=O) groups excluding carboxylic acids is 1. The monoisotopic (exact) mass is 215 g/mol. The summed E-state index contributed by atoms with van der Waals surface area (Å²) in [4.78, 5) is 14.7. The molecule has 80 valence electrons. The number of nitrogens with zero attached hydrogens (tertiary/aromatic N) is 1. The van der Waals surface area contributed by atoms with Crippen molar-refractivity contribution in [2.45, 2.75) is 6.92 Å². The molecule has 1 aromatic carbocycles. The molecule has 2 nitrogen and oxygen atoms in total. The van der Waals surface area contributed by atoms with E-state index < -0.39 is 0 Å². The zero-order valence-electron chi connectivity index (χ0n) is 8.77. The van der Waals surface area contributed by atoms with Gasteiger partial charge in [-0.15, -0.1) is 0 Å². The first kappa shape index (κ1) is 10.5. The van der Waals surface area contributed by atoms with E-state index in [0.717, 1.165) is 5.56 Å². The number of benzene rings is 1. The van der Waals surface area contributed by atoms with E-state index in [1.807, 2.05) is 13.0 Å². The summed E-state index contributed by atoms with van der Waals surface area (Å²) in [6, 6.07) is 6.57. The highest BCUT2D eigenvalue weighted by Crippen LogP contribution is 2.25. The molecule has 0 aliphatic rings. The molecule has 0 saturated heterocycles. The third kappa shape index (κ3) is 1.84. The molecule has 0 atom stereocenters. The summed E-state index contributed by atoms with van der Waals surface area (Å²) in [6.45, 7) is 1.82. The molecule has 2 aromatic rings. The van der Waals surface area contributed by atoms with Crippen molar-refractivity contribution < 1.29 is 9.18 Å². The molecule has 0 fully saturated rings. The lowest BCUT2D eigenvalue weighted by Crippen LogP contribution is -1.92. The summed E-state index contributed by atoms with van der Waals surface area (Å²) in [6.07, 6.45) is 3.66. The molecule has 0 aliphatic carbocycles. The molecule has 2 rings (SSSR count). The smallest absolute Gasteiger partial charge is 0.152 e. The van der Waals surface area contributed by atoms with E-state index in [-0.39, 0.29) is 5.82 Å². The van der Waals surface area contributed by atoms with Crippen molar-refractivity contribution in [2.24, 2.45) is 0 Å². The maximum atomic E-state index is 13.7. The van der Waals surface area contributed by atoms with Crippen LogP contribution in [0.2, 0.25) is 0 Å². The Bertz CT molecular complexity index is 537. The Kier molecular flexibility index (Phi) is 2.77. The lowest BCUT2D eigenvalue weighted by Gasteiger charge is -2.06. The molecule has 0 spiro atoms. The third-order valence-corrected chi connectivity index (χ3v) is 2.39. The van der Waals surface area contributed by atoms with Crippen molar-refractivity contribution in [3.8, 4) is 11.1 Å². The minimum Gasteiger partial charge on any atom is -0.298 e. The third-order valence-electron chi connectivity index (χ3n) is 2.39. The second kappa shape index (κ2) is 4.23. The van der Waals surface area contributed by atoms with Gasteiger partial charge in [0.1, 0.15) is 5.82 Å². The van der Waals surface area contributed by atoms with Crippen LogP contribution in [0.5, 0.6) is 0 Å². The summed E-state index contributed by atoms with van der Waals surface area (Å²) in [7, 11) is 0. The molecule has 0 N–H and O–H groups in total. The highest BCUT2D eigenvalue weighted by Gasteiger charge is 2.09. The molecule has 1 aromatic heterocycles. The van der Waals surface area contributed by atoms with Crippen molar-refractivity contribution >= 4 is 6.29 Å². The lowest BCUT2D eigenvalue weighted by atomic mass is 10.0. The van der Waals surface area contributed by atoms with Gasteiger partial charge in [0, 0.05) is 23.5 Å². The van der Waals surface area contributed by atoms with Gasteiger partial charge in [-0.1, -0.05) is 12.1 Å². The van der Waals surface area contributed by atoms with Crippen LogP contribution in [-0.2, 0) is 0 Å². The van der Waals surface area contributed by atoms with Crippen LogP contribution in [0.25, 0.3) is 11.1 Å². The number of aromatic nitrogens is 1. The minimum atomic E-state index is -0.325. The van der Waals surface area contributed by atoms with Gasteiger partial charge in [0.25, 0.3) is 0 Å². The second-order valence-corrected chi connectivity index (χ2v) is 3.56. The van der Waals surface area contributed by atoms with Gasteiger partial charge in [0.2, 0.25) is 0 Å². The number of pyridine rings is 1. The maximum Gasteiger partial charge on any atom is 0.152 e. The van der Waals surface area contributed by atoms with Gasteiger partial charge in [0.05, 0.1) is 0 Å². The summed E-state index contributed by atoms with van der Waals surface area (Å²) in [5.74, 6) is -0.325. The predicted octanol–water partition coefficient (Wildman–Crippen LogP) is 3.01. The van der Waals surface area contributed by atoms with E-state index in [1.165, 1.54) is 12.3 Å². The summed E-state index contributed by atoms with van der Waals surface area (Å²) < 4.78 is 13.7. The van der Waals surface area contributed by atoms with Crippen LogP contribution in [0.3, 0.4) is 0 Å². The second-order valence-electron chi connectivity index (χ2n) is 3.56. The molecule has 0 aliphatic heterocycles.